The second-order valence-electron chi connectivity index (χ2n) is 6.72. The highest BCUT2D eigenvalue weighted by molar-refractivity contribution is 8.15. The van der Waals surface area contributed by atoms with Crippen molar-refractivity contribution in [1.29, 1.82) is 0 Å². The molecule has 1 aromatic rings. The number of carbonyl (C=O) groups excluding carboxylic acids is 3. The van der Waals surface area contributed by atoms with Crippen LogP contribution in [-0.2, 0) is 14.4 Å². The molecule has 0 saturated carbocycles. The lowest BCUT2D eigenvalue weighted by atomic mass is 10.2. The molecule has 0 bridgehead atoms. The number of nitrogens with zero attached hydrogens (tertiary/aromatic N) is 2. The summed E-state index contributed by atoms with van der Waals surface area (Å²) in [7, 11) is 1.73. The lowest BCUT2D eigenvalue weighted by Gasteiger charge is -2.17. The molecule has 2 rings (SSSR count). The minimum atomic E-state index is -0.892. The Hall–Kier alpha value is -2.33. The number of thioether (sulfide) groups is 1. The van der Waals surface area contributed by atoms with E-state index in [-0.39, 0.29) is 30.6 Å². The molecule has 1 aliphatic rings. The van der Waals surface area contributed by atoms with Crippen molar-refractivity contribution in [3.05, 3.63) is 29.8 Å². The zero-order valence-electron chi connectivity index (χ0n) is 15.8. The van der Waals surface area contributed by atoms with Gasteiger partial charge in [0.2, 0.25) is 11.8 Å². The largest absolute Gasteiger partial charge is 0.353 e. The highest BCUT2D eigenvalue weighted by Crippen LogP contribution is 2.26. The van der Waals surface area contributed by atoms with Gasteiger partial charge >= 0.3 is 0 Å². The van der Waals surface area contributed by atoms with E-state index < -0.39 is 28.7 Å². The van der Waals surface area contributed by atoms with Crippen LogP contribution in [0, 0.1) is 11.6 Å². The Bertz CT molecular complexity index is 801. The Labute approximate surface area is 165 Å². The molecular weight excluding hydrogens is 390 g/mol. The van der Waals surface area contributed by atoms with Gasteiger partial charge in [-0.3, -0.25) is 19.3 Å². The van der Waals surface area contributed by atoms with E-state index in [1.54, 1.807) is 11.9 Å². The number of halogens is 2. The lowest BCUT2D eigenvalue weighted by molar-refractivity contribution is -0.122. The van der Waals surface area contributed by atoms with Crippen LogP contribution < -0.4 is 10.6 Å². The van der Waals surface area contributed by atoms with Gasteiger partial charge in [-0.25, -0.2) is 13.8 Å². The molecule has 0 aliphatic carbocycles. The first-order valence-electron chi connectivity index (χ1n) is 8.65. The average molecular weight is 412 g/mol. The van der Waals surface area contributed by atoms with Crippen molar-refractivity contribution in [3.63, 3.8) is 0 Å². The molecule has 0 radical (unpaired) electrons. The summed E-state index contributed by atoms with van der Waals surface area (Å²) >= 11 is 1.15. The number of nitrogens with one attached hydrogen (secondary N) is 2. The van der Waals surface area contributed by atoms with Gasteiger partial charge < -0.3 is 10.6 Å². The predicted molar refractivity (Wildman–Crippen MR) is 104 cm³/mol. The Morgan fingerprint density at radius 3 is 2.64 bits per heavy atom. The molecule has 7 nitrogen and oxygen atoms in total. The fourth-order valence-corrected chi connectivity index (χ4v) is 3.65. The number of carbonyl (C=O) groups is 3. The first kappa shape index (κ1) is 22.0. The van der Waals surface area contributed by atoms with E-state index in [1.807, 2.05) is 13.8 Å². The Morgan fingerprint density at radius 1 is 1.29 bits per heavy atom. The maximum atomic E-state index is 13.6. The summed E-state index contributed by atoms with van der Waals surface area (Å²) in [6.07, 6.45) is -0.190. The van der Waals surface area contributed by atoms with E-state index in [4.69, 9.17) is 0 Å². The van der Waals surface area contributed by atoms with Gasteiger partial charge in [0, 0.05) is 25.1 Å². The number of amides is 3. The second kappa shape index (κ2) is 9.74. The molecule has 0 aromatic heterocycles. The van der Waals surface area contributed by atoms with Crippen molar-refractivity contribution in [1.82, 2.24) is 10.2 Å². The Morgan fingerprint density at radius 2 is 2.00 bits per heavy atom. The van der Waals surface area contributed by atoms with Crippen LogP contribution in [0.1, 0.15) is 20.3 Å². The fraction of sp³-hybridized carbons (Fsp3) is 0.444. The van der Waals surface area contributed by atoms with Crippen LogP contribution in [0.25, 0.3) is 0 Å². The van der Waals surface area contributed by atoms with Crippen molar-refractivity contribution >= 4 is 40.2 Å². The lowest BCUT2D eigenvalue weighted by Crippen LogP contribution is -2.39. The Kier molecular flexibility index (Phi) is 7.64. The van der Waals surface area contributed by atoms with E-state index >= 15 is 0 Å². The topological polar surface area (TPSA) is 90.9 Å². The monoisotopic (exact) mass is 412 g/mol. The van der Waals surface area contributed by atoms with Gasteiger partial charge in [-0.05, 0) is 33.0 Å². The molecule has 1 aromatic carbocycles. The van der Waals surface area contributed by atoms with Crippen molar-refractivity contribution in [2.45, 2.75) is 31.6 Å². The van der Waals surface area contributed by atoms with Crippen LogP contribution in [-0.4, -0.2) is 59.1 Å². The van der Waals surface area contributed by atoms with E-state index in [0.29, 0.717) is 17.7 Å². The van der Waals surface area contributed by atoms with Crippen molar-refractivity contribution in [2.75, 3.05) is 25.5 Å². The molecule has 3 amide bonds. The zero-order valence-corrected chi connectivity index (χ0v) is 16.6. The first-order valence-corrected chi connectivity index (χ1v) is 9.53. The summed E-state index contributed by atoms with van der Waals surface area (Å²) in [5.74, 6) is -2.80. The summed E-state index contributed by atoms with van der Waals surface area (Å²) in [5, 5.41) is 4.89. The third-order valence-electron chi connectivity index (χ3n) is 3.63. The second-order valence-corrected chi connectivity index (χ2v) is 8.00. The number of aliphatic imine (C=N–C) groups is 1. The average Bonchev–Trinajstić information content (AvgIpc) is 2.88. The van der Waals surface area contributed by atoms with Crippen LogP contribution in [0.5, 0.6) is 0 Å². The maximum Gasteiger partial charge on any atom is 0.260 e. The van der Waals surface area contributed by atoms with Gasteiger partial charge in [0.15, 0.2) is 0 Å². The standard InChI is InChI=1S/C18H22F2N4O3S/c1-10(2)21-16(26)8-24(3)9-17-23-18(27)14(28-17)7-15(25)22-13-5-4-11(19)6-12(13)20/h4-6,10,14H,7-9H2,1-3H3,(H,21,26)(H,22,25)/t14-/m1/s1. The molecule has 0 spiro atoms. The normalized spacial score (nSPS) is 16.5. The van der Waals surface area contributed by atoms with Crippen molar-refractivity contribution in [2.24, 2.45) is 4.99 Å². The SMILES string of the molecule is CC(C)NC(=O)CN(C)CC1=NC(=O)[C@@H](CC(=O)Nc2ccc(F)cc2F)S1. The molecule has 1 aliphatic heterocycles. The third kappa shape index (κ3) is 6.68. The molecule has 1 heterocycles. The molecule has 10 heteroatoms. The van der Waals surface area contributed by atoms with E-state index in [1.165, 1.54) is 0 Å². The quantitative estimate of drug-likeness (QED) is 0.679. The molecule has 2 N–H and O–H groups in total. The van der Waals surface area contributed by atoms with Crippen LogP contribution >= 0.6 is 11.8 Å². The highest BCUT2D eigenvalue weighted by Gasteiger charge is 2.31. The van der Waals surface area contributed by atoms with Gasteiger partial charge in [-0.1, -0.05) is 11.8 Å². The van der Waals surface area contributed by atoms with Crippen molar-refractivity contribution in [3.8, 4) is 0 Å². The summed E-state index contributed by atoms with van der Waals surface area (Å²) < 4.78 is 26.5. The summed E-state index contributed by atoms with van der Waals surface area (Å²) in [6, 6.07) is 2.85. The van der Waals surface area contributed by atoms with Gasteiger partial charge in [0.05, 0.1) is 17.3 Å². The molecule has 28 heavy (non-hydrogen) atoms. The summed E-state index contributed by atoms with van der Waals surface area (Å²) in [4.78, 5) is 41.5. The van der Waals surface area contributed by atoms with Crippen LogP contribution in [0.3, 0.4) is 0 Å². The minimum Gasteiger partial charge on any atom is -0.353 e. The highest BCUT2D eigenvalue weighted by atomic mass is 32.2. The fourth-order valence-electron chi connectivity index (χ4n) is 2.50. The summed E-state index contributed by atoms with van der Waals surface area (Å²) in [5.41, 5.74) is -0.154. The van der Waals surface area contributed by atoms with E-state index in [9.17, 15) is 23.2 Å². The Balaban J connectivity index is 1.83. The molecule has 1 atom stereocenters. The maximum absolute atomic E-state index is 13.6. The molecule has 0 unspecified atom stereocenters. The van der Waals surface area contributed by atoms with Crippen LogP contribution in [0.4, 0.5) is 14.5 Å². The minimum absolute atomic E-state index is 0.0366. The third-order valence-corrected chi connectivity index (χ3v) is 4.78. The first-order chi connectivity index (χ1) is 13.1. The number of benzene rings is 1. The number of anilines is 1. The number of rotatable bonds is 8. The molecule has 152 valence electrons. The van der Waals surface area contributed by atoms with Crippen molar-refractivity contribution < 1.29 is 23.2 Å². The van der Waals surface area contributed by atoms with Gasteiger partial charge in [0.25, 0.3) is 5.91 Å². The van der Waals surface area contributed by atoms with E-state index in [0.717, 1.165) is 23.9 Å². The van der Waals surface area contributed by atoms with Gasteiger partial charge in [0.1, 0.15) is 16.9 Å². The smallest absolute Gasteiger partial charge is 0.260 e. The predicted octanol–water partition coefficient (Wildman–Crippen LogP) is 1.79. The molecule has 0 fully saturated rings. The van der Waals surface area contributed by atoms with E-state index in [2.05, 4.69) is 15.6 Å². The van der Waals surface area contributed by atoms with Gasteiger partial charge in [-0.15, -0.1) is 0 Å². The number of hydrogen-bond acceptors (Lipinski definition) is 5. The van der Waals surface area contributed by atoms with Gasteiger partial charge in [-0.2, -0.15) is 0 Å². The van der Waals surface area contributed by atoms with Crippen LogP contribution in [0.15, 0.2) is 23.2 Å². The molecular formula is C18H22F2N4O3S. The summed E-state index contributed by atoms with van der Waals surface area (Å²) in [6.45, 7) is 4.18. The number of hydrogen-bond donors (Lipinski definition) is 2. The number of likely N-dealkylation sites (N-methyl/N-ethyl adjacent to an activating group) is 1. The zero-order chi connectivity index (χ0) is 20.8. The van der Waals surface area contributed by atoms with Crippen LogP contribution in [0.2, 0.25) is 0 Å². The molecule has 0 saturated heterocycles.